The molecule has 1 aliphatic rings. The molecule has 1 saturated carbocycles. The highest BCUT2D eigenvalue weighted by atomic mass is 16.2. The maximum atomic E-state index is 11.3. The van der Waals surface area contributed by atoms with E-state index in [9.17, 15) is 4.79 Å². The quantitative estimate of drug-likeness (QED) is 0.683. The maximum Gasteiger partial charge on any atom is 0.132 e. The Balaban J connectivity index is 0.000000673. The Morgan fingerprint density at radius 2 is 1.06 bits per heavy atom. The first-order chi connectivity index (χ1) is 7.81. The molecule has 0 bridgehead atoms. The van der Waals surface area contributed by atoms with Gasteiger partial charge in [0, 0.05) is 19.4 Å². The van der Waals surface area contributed by atoms with Crippen molar-refractivity contribution in [2.24, 2.45) is 0 Å². The zero-order valence-corrected chi connectivity index (χ0v) is 10.8. The maximum absolute atomic E-state index is 11.3. The van der Waals surface area contributed by atoms with Gasteiger partial charge >= 0.3 is 0 Å². The fourth-order valence-corrected chi connectivity index (χ4v) is 2.01. The molecule has 1 aliphatic carbocycles. The topological polar surface area (TPSA) is 37.3 Å². The van der Waals surface area contributed by atoms with Crippen LogP contribution in [-0.4, -0.2) is 17.5 Å². The van der Waals surface area contributed by atoms with Gasteiger partial charge in [0.15, 0.2) is 0 Å². The molecular weight excluding hydrogens is 200 g/mol. The van der Waals surface area contributed by atoms with Crippen molar-refractivity contribution < 1.29 is 9.90 Å². The zero-order valence-electron chi connectivity index (χ0n) is 10.8. The number of rotatable bonds is 0. The fourth-order valence-electron chi connectivity index (χ4n) is 2.01. The molecule has 96 valence electrons. The van der Waals surface area contributed by atoms with E-state index in [4.69, 9.17) is 5.11 Å². The minimum Gasteiger partial charge on any atom is -0.397 e. The summed E-state index contributed by atoms with van der Waals surface area (Å²) in [4.78, 5) is 11.3. The lowest BCUT2D eigenvalue weighted by Crippen LogP contribution is -1.98. The number of aliphatic hydroxyl groups is 1. The second kappa shape index (κ2) is 12.7. The normalized spacial score (nSPS) is 20.0. The van der Waals surface area contributed by atoms with E-state index in [0.717, 1.165) is 25.7 Å². The number of hydrogen-bond donors (Lipinski definition) is 1. The average molecular weight is 228 g/mol. The molecule has 0 radical (unpaired) electrons. The second-order valence-corrected chi connectivity index (χ2v) is 4.54. The summed E-state index contributed by atoms with van der Waals surface area (Å²) in [6, 6.07) is 0. The van der Waals surface area contributed by atoms with Crippen LogP contribution >= 0.6 is 0 Å². The van der Waals surface area contributed by atoms with Gasteiger partial charge in [0.1, 0.15) is 5.78 Å². The fraction of sp³-hybridized carbons (Fsp3) is 0.929. The van der Waals surface area contributed by atoms with E-state index >= 15 is 0 Å². The van der Waals surface area contributed by atoms with E-state index in [0.29, 0.717) is 5.78 Å². The smallest absolute Gasteiger partial charge is 0.132 e. The largest absolute Gasteiger partial charge is 0.397 e. The SMILES string of the molecule is CCO.O=C1CCCCCCCCCCC1. The first kappa shape index (κ1) is 15.6. The van der Waals surface area contributed by atoms with Crippen LogP contribution in [0.3, 0.4) is 0 Å². The number of aliphatic hydroxyl groups excluding tert-OH is 1. The lowest BCUT2D eigenvalue weighted by Gasteiger charge is -2.05. The van der Waals surface area contributed by atoms with Crippen LogP contribution < -0.4 is 0 Å². The molecule has 1 fully saturated rings. The van der Waals surface area contributed by atoms with Gasteiger partial charge in [0.25, 0.3) is 0 Å². The summed E-state index contributed by atoms with van der Waals surface area (Å²) in [7, 11) is 0. The molecule has 16 heavy (non-hydrogen) atoms. The number of hydrogen-bond acceptors (Lipinski definition) is 2. The van der Waals surface area contributed by atoms with E-state index in [-0.39, 0.29) is 6.61 Å². The molecule has 2 nitrogen and oxygen atoms in total. The summed E-state index contributed by atoms with van der Waals surface area (Å²) in [5, 5.41) is 7.57. The third-order valence-electron chi connectivity index (χ3n) is 2.91. The third kappa shape index (κ3) is 11.7. The molecule has 0 aromatic rings. The Morgan fingerprint density at radius 3 is 1.38 bits per heavy atom. The number of carbonyl (C=O) groups is 1. The molecule has 0 heterocycles. The Bertz CT molecular complexity index is 141. The molecule has 1 N–H and O–H groups in total. The average Bonchev–Trinajstić information content (AvgIpc) is 2.24. The molecule has 0 unspecified atom stereocenters. The van der Waals surface area contributed by atoms with Crippen LogP contribution in [0.25, 0.3) is 0 Å². The van der Waals surface area contributed by atoms with E-state index in [1.165, 1.54) is 44.9 Å². The Hall–Kier alpha value is -0.370. The van der Waals surface area contributed by atoms with E-state index in [1.54, 1.807) is 6.92 Å². The van der Waals surface area contributed by atoms with Crippen molar-refractivity contribution in [1.82, 2.24) is 0 Å². The minimum absolute atomic E-state index is 0.250. The summed E-state index contributed by atoms with van der Waals surface area (Å²) in [5.41, 5.74) is 0. The molecular formula is C14H28O2. The first-order valence-electron chi connectivity index (χ1n) is 6.93. The molecule has 0 aromatic heterocycles. The summed E-state index contributed by atoms with van der Waals surface area (Å²) in [6.45, 7) is 1.93. The first-order valence-corrected chi connectivity index (χ1v) is 6.93. The molecule has 0 aliphatic heterocycles. The molecule has 1 rings (SSSR count). The lowest BCUT2D eigenvalue weighted by atomic mass is 10.0. The lowest BCUT2D eigenvalue weighted by molar-refractivity contribution is -0.119. The van der Waals surface area contributed by atoms with Crippen LogP contribution in [0.1, 0.15) is 77.6 Å². The van der Waals surface area contributed by atoms with Crippen molar-refractivity contribution in [2.75, 3.05) is 6.61 Å². The van der Waals surface area contributed by atoms with Crippen molar-refractivity contribution in [3.05, 3.63) is 0 Å². The van der Waals surface area contributed by atoms with Crippen molar-refractivity contribution in [3.63, 3.8) is 0 Å². The Labute approximate surface area is 100 Å². The molecule has 0 aromatic carbocycles. The van der Waals surface area contributed by atoms with Crippen LogP contribution in [0.5, 0.6) is 0 Å². The van der Waals surface area contributed by atoms with E-state index < -0.39 is 0 Å². The summed E-state index contributed by atoms with van der Waals surface area (Å²) < 4.78 is 0. The van der Waals surface area contributed by atoms with E-state index in [2.05, 4.69) is 0 Å². The van der Waals surface area contributed by atoms with Gasteiger partial charge in [-0.15, -0.1) is 0 Å². The van der Waals surface area contributed by atoms with Crippen molar-refractivity contribution in [3.8, 4) is 0 Å². The highest BCUT2D eigenvalue weighted by molar-refractivity contribution is 5.78. The third-order valence-corrected chi connectivity index (χ3v) is 2.91. The highest BCUT2D eigenvalue weighted by Gasteiger charge is 2.02. The van der Waals surface area contributed by atoms with Crippen LogP contribution in [0.15, 0.2) is 0 Å². The van der Waals surface area contributed by atoms with Crippen LogP contribution in [0, 0.1) is 0 Å². The van der Waals surface area contributed by atoms with Crippen molar-refractivity contribution >= 4 is 5.78 Å². The van der Waals surface area contributed by atoms with Crippen LogP contribution in [0.2, 0.25) is 0 Å². The van der Waals surface area contributed by atoms with Gasteiger partial charge < -0.3 is 5.11 Å². The number of ketones is 1. The molecule has 0 spiro atoms. The Morgan fingerprint density at radius 1 is 0.812 bits per heavy atom. The molecule has 0 amide bonds. The van der Waals surface area contributed by atoms with Crippen molar-refractivity contribution in [2.45, 2.75) is 77.6 Å². The zero-order chi connectivity index (χ0) is 12.1. The Kier molecular flexibility index (Phi) is 12.4. The molecule has 0 atom stereocenters. The van der Waals surface area contributed by atoms with Gasteiger partial charge in [-0.2, -0.15) is 0 Å². The summed E-state index contributed by atoms with van der Waals surface area (Å²) in [5.74, 6) is 0.501. The van der Waals surface area contributed by atoms with Gasteiger partial charge in [0.2, 0.25) is 0 Å². The highest BCUT2D eigenvalue weighted by Crippen LogP contribution is 2.14. The monoisotopic (exact) mass is 228 g/mol. The summed E-state index contributed by atoms with van der Waals surface area (Å²) >= 11 is 0. The van der Waals surface area contributed by atoms with Crippen LogP contribution in [0.4, 0.5) is 0 Å². The van der Waals surface area contributed by atoms with Gasteiger partial charge in [-0.3, -0.25) is 4.79 Å². The molecule has 2 heteroatoms. The minimum atomic E-state index is 0.250. The predicted octanol–water partition coefficient (Wildman–Crippen LogP) is 3.86. The predicted molar refractivity (Wildman–Crippen MR) is 68.6 cm³/mol. The number of carbonyl (C=O) groups excluding carboxylic acids is 1. The van der Waals surface area contributed by atoms with Gasteiger partial charge in [-0.05, 0) is 19.8 Å². The van der Waals surface area contributed by atoms with Crippen LogP contribution in [-0.2, 0) is 4.79 Å². The molecule has 0 saturated heterocycles. The van der Waals surface area contributed by atoms with E-state index in [1.807, 2.05) is 0 Å². The second-order valence-electron chi connectivity index (χ2n) is 4.54. The number of Topliss-reactive ketones (excluding diaryl/α,β-unsaturated/α-hetero) is 1. The van der Waals surface area contributed by atoms with Crippen molar-refractivity contribution in [1.29, 1.82) is 0 Å². The van der Waals surface area contributed by atoms with Gasteiger partial charge in [-0.1, -0.05) is 44.9 Å². The van der Waals surface area contributed by atoms with Gasteiger partial charge in [0.05, 0.1) is 0 Å². The summed E-state index contributed by atoms with van der Waals surface area (Å²) in [6.07, 6.45) is 13.4. The van der Waals surface area contributed by atoms with Gasteiger partial charge in [-0.25, -0.2) is 0 Å². The standard InChI is InChI=1S/C12H22O.C2H6O/c13-12-10-8-6-4-2-1-3-5-7-9-11-12;1-2-3/h1-11H2;3H,2H2,1H3.